The molecule has 3 rings (SSSR count). The highest BCUT2D eigenvalue weighted by atomic mass is 35.5. The molecule has 0 radical (unpaired) electrons. The number of hydrogen-bond donors (Lipinski definition) is 1. The molecule has 0 aliphatic rings. The zero-order chi connectivity index (χ0) is 19.2. The molecule has 0 spiro atoms. The van der Waals surface area contributed by atoms with E-state index in [1.54, 1.807) is 48.5 Å². The largest absolute Gasteiger partial charge is 0.494 e. The molecule has 2 aromatic carbocycles. The van der Waals surface area contributed by atoms with Gasteiger partial charge in [-0.2, -0.15) is 5.10 Å². The second-order valence-corrected chi connectivity index (χ2v) is 6.25. The molecule has 0 unspecified atom stereocenters. The summed E-state index contributed by atoms with van der Waals surface area (Å²) in [5.41, 5.74) is 3.61. The summed E-state index contributed by atoms with van der Waals surface area (Å²) in [4.78, 5) is 12.1. The number of furan rings is 1. The second-order valence-electron chi connectivity index (χ2n) is 5.46. The first kappa shape index (κ1) is 19.0. The highest BCUT2D eigenvalue weighted by Gasteiger charge is 2.10. The van der Waals surface area contributed by atoms with Crippen molar-refractivity contribution in [2.75, 3.05) is 6.61 Å². The summed E-state index contributed by atoms with van der Waals surface area (Å²) in [5.74, 6) is 1.40. The van der Waals surface area contributed by atoms with Crippen LogP contribution >= 0.6 is 23.2 Å². The normalized spacial score (nSPS) is 10.9. The molecule has 3 aromatic rings. The van der Waals surface area contributed by atoms with Crippen LogP contribution in [-0.4, -0.2) is 18.7 Å². The first-order valence-corrected chi connectivity index (χ1v) is 8.94. The minimum Gasteiger partial charge on any atom is -0.494 e. The molecule has 0 aliphatic carbocycles. The van der Waals surface area contributed by atoms with Gasteiger partial charge in [-0.15, -0.1) is 0 Å². The standard InChI is InChI=1S/C20H16Cl2N2O3/c1-2-26-14-8-6-13(7-9-14)20(25)24-23-12-15-10-11-18(27-15)16-4-3-5-17(21)19(16)22/h3-12H,2H2,1H3,(H,24,25)/b23-12+. The smallest absolute Gasteiger partial charge is 0.271 e. The number of carbonyl (C=O) groups is 1. The van der Waals surface area contributed by atoms with Crippen LogP contribution in [0.15, 0.2) is 64.1 Å². The first-order chi connectivity index (χ1) is 13.1. The van der Waals surface area contributed by atoms with E-state index in [-0.39, 0.29) is 5.91 Å². The lowest BCUT2D eigenvalue weighted by Crippen LogP contribution is -2.17. The van der Waals surface area contributed by atoms with Gasteiger partial charge >= 0.3 is 0 Å². The van der Waals surface area contributed by atoms with Crippen LogP contribution < -0.4 is 10.2 Å². The van der Waals surface area contributed by atoms with Crippen molar-refractivity contribution < 1.29 is 13.9 Å². The average molecular weight is 403 g/mol. The molecule has 0 saturated heterocycles. The van der Waals surface area contributed by atoms with Gasteiger partial charge in [-0.3, -0.25) is 4.79 Å². The monoisotopic (exact) mass is 402 g/mol. The summed E-state index contributed by atoms with van der Waals surface area (Å²) in [7, 11) is 0. The highest BCUT2D eigenvalue weighted by molar-refractivity contribution is 6.43. The van der Waals surface area contributed by atoms with E-state index in [0.717, 1.165) is 0 Å². The maximum Gasteiger partial charge on any atom is 0.271 e. The number of nitrogens with zero attached hydrogens (tertiary/aromatic N) is 1. The minimum atomic E-state index is -0.334. The molecule has 27 heavy (non-hydrogen) atoms. The Morgan fingerprint density at radius 1 is 1.15 bits per heavy atom. The minimum absolute atomic E-state index is 0.334. The number of hydrogen-bond acceptors (Lipinski definition) is 4. The number of amides is 1. The van der Waals surface area contributed by atoms with Gasteiger partial charge in [0.2, 0.25) is 0 Å². The van der Waals surface area contributed by atoms with E-state index in [9.17, 15) is 4.79 Å². The van der Waals surface area contributed by atoms with Gasteiger partial charge < -0.3 is 9.15 Å². The van der Waals surface area contributed by atoms with E-state index in [4.69, 9.17) is 32.4 Å². The van der Waals surface area contributed by atoms with Crippen LogP contribution in [0.4, 0.5) is 0 Å². The number of rotatable bonds is 6. The zero-order valence-corrected chi connectivity index (χ0v) is 15.9. The number of carbonyl (C=O) groups excluding carboxylic acids is 1. The summed E-state index contributed by atoms with van der Waals surface area (Å²) in [6.07, 6.45) is 1.41. The Morgan fingerprint density at radius 2 is 1.93 bits per heavy atom. The summed E-state index contributed by atoms with van der Waals surface area (Å²) < 4.78 is 11.0. The van der Waals surface area contributed by atoms with Crippen LogP contribution in [0, 0.1) is 0 Å². The molecule has 0 bridgehead atoms. The van der Waals surface area contributed by atoms with E-state index in [0.29, 0.717) is 45.0 Å². The number of hydrazone groups is 1. The van der Waals surface area contributed by atoms with Gasteiger partial charge in [0.15, 0.2) is 0 Å². The van der Waals surface area contributed by atoms with Crippen molar-refractivity contribution in [3.05, 3.63) is 76.0 Å². The third-order valence-corrected chi connectivity index (χ3v) is 4.45. The fourth-order valence-corrected chi connectivity index (χ4v) is 2.74. The number of benzene rings is 2. The Balaban J connectivity index is 1.64. The van der Waals surface area contributed by atoms with Crippen molar-refractivity contribution in [1.29, 1.82) is 0 Å². The molecule has 1 amide bonds. The van der Waals surface area contributed by atoms with Crippen LogP contribution in [0.25, 0.3) is 11.3 Å². The summed E-state index contributed by atoms with van der Waals surface area (Å²) in [6, 6.07) is 15.6. The van der Waals surface area contributed by atoms with Crippen molar-refractivity contribution in [2.24, 2.45) is 5.10 Å². The average Bonchev–Trinajstić information content (AvgIpc) is 3.13. The lowest BCUT2D eigenvalue weighted by molar-refractivity contribution is 0.0955. The highest BCUT2D eigenvalue weighted by Crippen LogP contribution is 2.34. The molecule has 0 saturated carbocycles. The van der Waals surface area contributed by atoms with Gasteiger partial charge in [0, 0.05) is 11.1 Å². The molecule has 0 fully saturated rings. The van der Waals surface area contributed by atoms with E-state index >= 15 is 0 Å². The van der Waals surface area contributed by atoms with E-state index in [1.165, 1.54) is 6.21 Å². The molecule has 1 heterocycles. The quantitative estimate of drug-likeness (QED) is 0.442. The molecular formula is C20H16Cl2N2O3. The Labute approximate surface area is 166 Å². The van der Waals surface area contributed by atoms with Crippen molar-refractivity contribution in [1.82, 2.24) is 5.43 Å². The van der Waals surface area contributed by atoms with Crippen LogP contribution in [0.2, 0.25) is 10.0 Å². The molecule has 0 atom stereocenters. The number of halogens is 2. The maximum atomic E-state index is 12.1. The van der Waals surface area contributed by atoms with Gasteiger partial charge in [0.05, 0.1) is 22.9 Å². The van der Waals surface area contributed by atoms with Crippen LogP contribution in [0.5, 0.6) is 5.75 Å². The van der Waals surface area contributed by atoms with Crippen molar-refractivity contribution in [2.45, 2.75) is 6.92 Å². The summed E-state index contributed by atoms with van der Waals surface area (Å²) in [5, 5.41) is 4.78. The fraction of sp³-hybridized carbons (Fsp3) is 0.100. The zero-order valence-electron chi connectivity index (χ0n) is 14.4. The Hall–Kier alpha value is -2.76. The summed E-state index contributed by atoms with van der Waals surface area (Å²) in [6.45, 7) is 2.47. The Bertz CT molecular complexity index is 966. The topological polar surface area (TPSA) is 63.8 Å². The van der Waals surface area contributed by atoms with Crippen LogP contribution in [0.3, 0.4) is 0 Å². The molecule has 1 N–H and O–H groups in total. The van der Waals surface area contributed by atoms with Gasteiger partial charge in [-0.05, 0) is 55.5 Å². The van der Waals surface area contributed by atoms with Crippen LogP contribution in [-0.2, 0) is 0 Å². The predicted octanol–water partition coefficient (Wildman–Crippen LogP) is 5.42. The number of nitrogens with one attached hydrogen (secondary N) is 1. The third kappa shape index (κ3) is 4.70. The molecule has 1 aromatic heterocycles. The molecule has 138 valence electrons. The SMILES string of the molecule is CCOc1ccc(C(=O)N/N=C/c2ccc(-c3cccc(Cl)c3Cl)o2)cc1. The first-order valence-electron chi connectivity index (χ1n) is 8.19. The summed E-state index contributed by atoms with van der Waals surface area (Å²) >= 11 is 12.2. The van der Waals surface area contributed by atoms with E-state index in [1.807, 2.05) is 13.0 Å². The van der Waals surface area contributed by atoms with E-state index < -0.39 is 0 Å². The van der Waals surface area contributed by atoms with Crippen molar-refractivity contribution >= 4 is 35.3 Å². The molecular weight excluding hydrogens is 387 g/mol. The molecule has 5 nitrogen and oxygen atoms in total. The lowest BCUT2D eigenvalue weighted by Gasteiger charge is -2.03. The van der Waals surface area contributed by atoms with Crippen LogP contribution in [0.1, 0.15) is 23.0 Å². The fourth-order valence-electron chi connectivity index (χ4n) is 2.35. The van der Waals surface area contributed by atoms with Crippen molar-refractivity contribution in [3.63, 3.8) is 0 Å². The van der Waals surface area contributed by atoms with Gasteiger partial charge in [-0.1, -0.05) is 29.3 Å². The maximum absolute atomic E-state index is 12.1. The third-order valence-electron chi connectivity index (χ3n) is 3.63. The Morgan fingerprint density at radius 3 is 2.67 bits per heavy atom. The predicted molar refractivity (Wildman–Crippen MR) is 107 cm³/mol. The van der Waals surface area contributed by atoms with Gasteiger partial charge in [0.25, 0.3) is 5.91 Å². The van der Waals surface area contributed by atoms with Gasteiger partial charge in [0.1, 0.15) is 17.3 Å². The molecule has 7 heteroatoms. The van der Waals surface area contributed by atoms with Gasteiger partial charge in [-0.25, -0.2) is 5.43 Å². The van der Waals surface area contributed by atoms with Crippen molar-refractivity contribution in [3.8, 4) is 17.1 Å². The number of ether oxygens (including phenoxy) is 1. The second kappa shape index (κ2) is 8.75. The molecule has 0 aliphatic heterocycles. The Kier molecular flexibility index (Phi) is 6.16. The van der Waals surface area contributed by atoms with E-state index in [2.05, 4.69) is 10.5 Å². The lowest BCUT2D eigenvalue weighted by atomic mass is 10.2.